The molecule has 0 saturated carbocycles. The zero-order chi connectivity index (χ0) is 23.5. The smallest absolute Gasteiger partial charge is 0.255 e. The third-order valence-corrected chi connectivity index (χ3v) is 5.51. The Labute approximate surface area is 188 Å². The molecule has 0 unspecified atom stereocenters. The lowest BCUT2D eigenvalue weighted by Crippen LogP contribution is -2.61. The van der Waals surface area contributed by atoms with Gasteiger partial charge in [0.15, 0.2) is 0 Å². The predicted octanol–water partition coefficient (Wildman–Crippen LogP) is 3.26. The number of likely N-dealkylation sites (tertiary alicyclic amines) is 1. The fraction of sp³-hybridized carbons (Fsp3) is 0.435. The average Bonchev–Trinajstić information content (AvgIpc) is 2.61. The molecule has 0 atom stereocenters. The van der Waals surface area contributed by atoms with Crippen LogP contribution in [-0.2, 0) is 21.5 Å². The molecule has 1 aliphatic heterocycles. The number of phenols is 1. The molecule has 0 bridgehead atoms. The molecule has 31 heavy (non-hydrogen) atoms. The Morgan fingerprint density at radius 3 is 2.45 bits per heavy atom. The third-order valence-electron chi connectivity index (χ3n) is 5.20. The maximum absolute atomic E-state index is 12.7. The van der Waals surface area contributed by atoms with Gasteiger partial charge in [0, 0.05) is 41.6 Å². The molecule has 2 rings (SSSR count). The Kier molecular flexibility index (Phi) is 7.54. The van der Waals surface area contributed by atoms with Crippen molar-refractivity contribution in [3.05, 3.63) is 52.2 Å². The number of nitrogens with one attached hydrogen (secondary N) is 3. The number of rotatable bonds is 7. The van der Waals surface area contributed by atoms with Gasteiger partial charge in [0.2, 0.25) is 5.91 Å². The first-order valence-electron chi connectivity index (χ1n) is 10.1. The SMILES string of the molecule is C=CC(=O)N1CC(NC(=O)/C(C(C)=N)=C(\C)NCc2cc(C(C)(C)C)c(Cl)cc2O)C1. The summed E-state index contributed by atoms with van der Waals surface area (Å²) in [5, 5.41) is 24.8. The lowest BCUT2D eigenvalue weighted by Gasteiger charge is -2.39. The van der Waals surface area contributed by atoms with Crippen molar-refractivity contribution in [2.75, 3.05) is 13.1 Å². The molecule has 1 aromatic carbocycles. The van der Waals surface area contributed by atoms with Crippen LogP contribution in [0.3, 0.4) is 0 Å². The van der Waals surface area contributed by atoms with Crippen LogP contribution in [0.4, 0.5) is 0 Å². The molecule has 7 nitrogen and oxygen atoms in total. The van der Waals surface area contributed by atoms with E-state index in [1.807, 2.05) is 26.8 Å². The van der Waals surface area contributed by atoms with Gasteiger partial charge in [0.1, 0.15) is 5.75 Å². The van der Waals surface area contributed by atoms with Gasteiger partial charge in [-0.05, 0) is 43.0 Å². The highest BCUT2D eigenvalue weighted by Gasteiger charge is 2.31. The van der Waals surface area contributed by atoms with Crippen LogP contribution < -0.4 is 10.6 Å². The number of halogens is 1. The molecular formula is C23H31ClN4O3. The second-order valence-electron chi connectivity index (χ2n) is 8.81. The van der Waals surface area contributed by atoms with Crippen LogP contribution in [0.2, 0.25) is 5.02 Å². The normalized spacial score (nSPS) is 15.0. The first-order valence-corrected chi connectivity index (χ1v) is 10.5. The van der Waals surface area contributed by atoms with Crippen LogP contribution in [0, 0.1) is 5.41 Å². The number of amides is 2. The van der Waals surface area contributed by atoms with Crippen molar-refractivity contribution >= 4 is 29.1 Å². The Bertz CT molecular complexity index is 941. The molecule has 0 radical (unpaired) electrons. The van der Waals surface area contributed by atoms with Crippen LogP contribution in [-0.4, -0.2) is 46.7 Å². The summed E-state index contributed by atoms with van der Waals surface area (Å²) >= 11 is 6.29. The number of carbonyl (C=O) groups is 2. The first-order chi connectivity index (χ1) is 14.3. The van der Waals surface area contributed by atoms with Crippen molar-refractivity contribution in [1.29, 1.82) is 5.41 Å². The van der Waals surface area contributed by atoms with E-state index in [0.29, 0.717) is 29.4 Å². The van der Waals surface area contributed by atoms with Crippen LogP contribution >= 0.6 is 11.6 Å². The van der Waals surface area contributed by atoms with E-state index in [1.54, 1.807) is 18.7 Å². The fourth-order valence-electron chi connectivity index (χ4n) is 3.40. The maximum Gasteiger partial charge on any atom is 0.255 e. The molecule has 1 heterocycles. The summed E-state index contributed by atoms with van der Waals surface area (Å²) in [6, 6.07) is 3.22. The number of hydrogen-bond acceptors (Lipinski definition) is 5. The van der Waals surface area contributed by atoms with E-state index in [1.165, 1.54) is 12.1 Å². The van der Waals surface area contributed by atoms with Crippen LogP contribution in [0.25, 0.3) is 0 Å². The van der Waals surface area contributed by atoms with Gasteiger partial charge < -0.3 is 26.0 Å². The predicted molar refractivity (Wildman–Crippen MR) is 123 cm³/mol. The zero-order valence-corrected chi connectivity index (χ0v) is 19.5. The van der Waals surface area contributed by atoms with Gasteiger partial charge in [-0.25, -0.2) is 0 Å². The number of aromatic hydroxyl groups is 1. The van der Waals surface area contributed by atoms with Crippen molar-refractivity contribution in [3.63, 3.8) is 0 Å². The molecule has 1 fully saturated rings. The Balaban J connectivity index is 2.13. The summed E-state index contributed by atoms with van der Waals surface area (Å²) in [6.07, 6.45) is 1.25. The van der Waals surface area contributed by atoms with E-state index in [0.717, 1.165) is 5.56 Å². The Morgan fingerprint density at radius 1 is 1.32 bits per heavy atom. The highest BCUT2D eigenvalue weighted by atomic mass is 35.5. The summed E-state index contributed by atoms with van der Waals surface area (Å²) in [4.78, 5) is 25.9. The van der Waals surface area contributed by atoms with E-state index in [-0.39, 0.29) is 46.9 Å². The third kappa shape index (κ3) is 5.88. The van der Waals surface area contributed by atoms with E-state index in [2.05, 4.69) is 17.2 Å². The summed E-state index contributed by atoms with van der Waals surface area (Å²) in [7, 11) is 0. The van der Waals surface area contributed by atoms with Crippen LogP contribution in [0.1, 0.15) is 45.7 Å². The van der Waals surface area contributed by atoms with Gasteiger partial charge in [-0.1, -0.05) is 39.0 Å². The minimum atomic E-state index is -0.371. The molecule has 1 aliphatic rings. The first kappa shape index (κ1) is 24.5. The highest BCUT2D eigenvalue weighted by Crippen LogP contribution is 2.34. The molecule has 1 aromatic rings. The van der Waals surface area contributed by atoms with Gasteiger partial charge in [-0.3, -0.25) is 9.59 Å². The van der Waals surface area contributed by atoms with Crippen molar-refractivity contribution in [3.8, 4) is 5.75 Å². The molecule has 1 saturated heterocycles. The van der Waals surface area contributed by atoms with Gasteiger partial charge in [0.05, 0.1) is 11.6 Å². The zero-order valence-electron chi connectivity index (χ0n) is 18.7. The number of phenolic OH excluding ortho intramolecular Hbond substituents is 1. The number of benzene rings is 1. The highest BCUT2D eigenvalue weighted by molar-refractivity contribution is 6.31. The molecular weight excluding hydrogens is 416 g/mol. The Morgan fingerprint density at radius 2 is 1.94 bits per heavy atom. The number of carbonyl (C=O) groups excluding carboxylic acids is 2. The van der Waals surface area contributed by atoms with Gasteiger partial charge in [-0.15, -0.1) is 0 Å². The summed E-state index contributed by atoms with van der Waals surface area (Å²) in [5.41, 5.74) is 2.25. The standard InChI is InChI=1S/C23H31ClN4O3/c1-7-20(30)28-11-16(12-28)27-22(31)21(13(2)25)14(3)26-10-15-8-17(23(4,5)6)18(24)9-19(15)29/h7-9,16,25-26,29H,1,10-12H2,2-6H3,(H,27,31)/b21-14+,25-13?. The minimum absolute atomic E-state index is 0.0670. The lowest BCUT2D eigenvalue weighted by molar-refractivity contribution is -0.132. The fourth-order valence-corrected chi connectivity index (χ4v) is 3.84. The van der Waals surface area contributed by atoms with Crippen LogP contribution in [0.15, 0.2) is 36.1 Å². The van der Waals surface area contributed by atoms with Crippen molar-refractivity contribution < 1.29 is 14.7 Å². The number of hydrogen-bond donors (Lipinski definition) is 4. The van der Waals surface area contributed by atoms with E-state index >= 15 is 0 Å². The van der Waals surface area contributed by atoms with Crippen molar-refractivity contribution in [2.45, 2.75) is 52.6 Å². The molecule has 168 valence electrons. The second-order valence-corrected chi connectivity index (χ2v) is 9.21. The van der Waals surface area contributed by atoms with Crippen molar-refractivity contribution in [1.82, 2.24) is 15.5 Å². The quantitative estimate of drug-likeness (QED) is 0.381. The molecule has 4 N–H and O–H groups in total. The van der Waals surface area contributed by atoms with Crippen LogP contribution in [0.5, 0.6) is 5.75 Å². The topological polar surface area (TPSA) is 106 Å². The summed E-state index contributed by atoms with van der Waals surface area (Å²) in [6.45, 7) is 13.9. The molecule has 0 spiro atoms. The average molecular weight is 447 g/mol. The maximum atomic E-state index is 12.7. The van der Waals surface area contributed by atoms with E-state index in [9.17, 15) is 14.7 Å². The lowest BCUT2D eigenvalue weighted by atomic mass is 9.86. The second kappa shape index (κ2) is 9.56. The van der Waals surface area contributed by atoms with Gasteiger partial charge >= 0.3 is 0 Å². The minimum Gasteiger partial charge on any atom is -0.508 e. The molecule has 2 amide bonds. The monoisotopic (exact) mass is 446 g/mol. The molecule has 8 heteroatoms. The van der Waals surface area contributed by atoms with E-state index in [4.69, 9.17) is 17.0 Å². The van der Waals surface area contributed by atoms with Gasteiger partial charge in [-0.2, -0.15) is 0 Å². The number of nitrogens with zero attached hydrogens (tertiary/aromatic N) is 1. The van der Waals surface area contributed by atoms with E-state index < -0.39 is 0 Å². The van der Waals surface area contributed by atoms with Crippen molar-refractivity contribution in [2.24, 2.45) is 0 Å². The Hall–Kier alpha value is -2.80. The summed E-state index contributed by atoms with van der Waals surface area (Å²) in [5.74, 6) is -0.471. The molecule has 0 aliphatic carbocycles. The summed E-state index contributed by atoms with van der Waals surface area (Å²) < 4.78 is 0. The number of allylic oxidation sites excluding steroid dienone is 1. The van der Waals surface area contributed by atoms with Gasteiger partial charge in [0.25, 0.3) is 5.91 Å². The molecule has 0 aromatic heterocycles. The largest absolute Gasteiger partial charge is 0.508 e.